The molecule has 4 amide bonds. The van der Waals surface area contributed by atoms with Crippen LogP contribution in [0.3, 0.4) is 0 Å². The molecule has 35 heavy (non-hydrogen) atoms. The summed E-state index contributed by atoms with van der Waals surface area (Å²) in [5.74, 6) is 0.311. The Morgan fingerprint density at radius 3 is 2.71 bits per heavy atom. The molecule has 0 radical (unpaired) electrons. The summed E-state index contributed by atoms with van der Waals surface area (Å²) in [6.07, 6.45) is 2.39. The predicted molar refractivity (Wildman–Crippen MR) is 126 cm³/mol. The summed E-state index contributed by atoms with van der Waals surface area (Å²) in [4.78, 5) is 49.1. The van der Waals surface area contributed by atoms with E-state index in [1.54, 1.807) is 47.4 Å². The molecule has 0 saturated carbocycles. The second kappa shape index (κ2) is 7.81. The number of rotatable bonds is 4. The predicted octanol–water partition coefficient (Wildman–Crippen LogP) is 2.48. The van der Waals surface area contributed by atoms with E-state index in [9.17, 15) is 19.6 Å². The number of nitriles is 1. The molecule has 3 atom stereocenters. The van der Waals surface area contributed by atoms with Gasteiger partial charge in [0.15, 0.2) is 0 Å². The van der Waals surface area contributed by atoms with Crippen LogP contribution in [-0.2, 0) is 16.0 Å². The monoisotopic (exact) mass is 467 g/mol. The average Bonchev–Trinajstić information content (AvgIpc) is 3.55. The zero-order valence-electron chi connectivity index (χ0n) is 18.9. The van der Waals surface area contributed by atoms with Crippen LogP contribution in [0.2, 0.25) is 0 Å². The largest absolute Gasteiger partial charge is 0.497 e. The molecule has 3 saturated heterocycles. The molecule has 2 bridgehead atoms. The third-order valence-corrected chi connectivity index (χ3v) is 7.21. The summed E-state index contributed by atoms with van der Waals surface area (Å²) in [6.45, 7) is 0.415. The lowest BCUT2D eigenvalue weighted by Gasteiger charge is -2.35. The Morgan fingerprint density at radius 2 is 1.97 bits per heavy atom. The van der Waals surface area contributed by atoms with Crippen LogP contribution < -0.4 is 9.64 Å². The molecule has 1 aromatic heterocycles. The summed E-state index contributed by atoms with van der Waals surface area (Å²) in [7, 11) is 1.59. The van der Waals surface area contributed by atoms with Gasteiger partial charge >= 0.3 is 6.03 Å². The van der Waals surface area contributed by atoms with Gasteiger partial charge in [0.25, 0.3) is 5.91 Å². The Morgan fingerprint density at radius 1 is 1.17 bits per heavy atom. The van der Waals surface area contributed by atoms with E-state index in [1.165, 1.54) is 4.90 Å². The maximum Gasteiger partial charge on any atom is 0.332 e. The first-order valence-electron chi connectivity index (χ1n) is 11.4. The Hall–Kier alpha value is -4.45. The van der Waals surface area contributed by atoms with E-state index in [-0.39, 0.29) is 36.3 Å². The number of benzene rings is 2. The number of amides is 4. The number of likely N-dealkylation sites (tertiary alicyclic amines) is 1. The standard InChI is InChI=1S/C26H21N5O4/c1-35-18-7-4-15(5-8-18)11-22(32)29-14-17-12-21(29)24-25(33)31(26(34)30(17)24)20-9-6-16(13-27)23-19(20)3-2-10-28-23/h2-10,17,21,24H,11-12,14H2,1H3/t17-,21?,24-/m1/s1. The number of carbonyl (C=O) groups is 3. The van der Waals surface area contributed by atoms with Crippen LogP contribution in [0.15, 0.2) is 54.7 Å². The van der Waals surface area contributed by atoms with Crippen molar-refractivity contribution in [2.75, 3.05) is 18.6 Å². The van der Waals surface area contributed by atoms with Gasteiger partial charge in [0.2, 0.25) is 5.91 Å². The van der Waals surface area contributed by atoms with E-state index in [2.05, 4.69) is 11.1 Å². The number of methoxy groups -OCH3 is 1. The number of anilines is 1. The second-order valence-corrected chi connectivity index (χ2v) is 8.98. The van der Waals surface area contributed by atoms with E-state index >= 15 is 0 Å². The summed E-state index contributed by atoms with van der Waals surface area (Å²) in [6, 6.07) is 14.5. The van der Waals surface area contributed by atoms with Crippen molar-refractivity contribution in [3.8, 4) is 11.8 Å². The molecule has 4 heterocycles. The minimum absolute atomic E-state index is 0.0611. The lowest BCUT2D eigenvalue weighted by Crippen LogP contribution is -2.55. The summed E-state index contributed by atoms with van der Waals surface area (Å²) in [5, 5.41) is 9.99. The van der Waals surface area contributed by atoms with E-state index in [1.807, 2.05) is 24.3 Å². The highest BCUT2D eigenvalue weighted by Gasteiger charge is 2.62. The molecule has 1 unspecified atom stereocenters. The van der Waals surface area contributed by atoms with Gasteiger partial charge in [-0.3, -0.25) is 14.6 Å². The number of imide groups is 1. The van der Waals surface area contributed by atoms with Gasteiger partial charge < -0.3 is 14.5 Å². The van der Waals surface area contributed by atoms with Crippen LogP contribution in [0.1, 0.15) is 17.5 Å². The van der Waals surface area contributed by atoms with Gasteiger partial charge in [-0.2, -0.15) is 5.26 Å². The minimum atomic E-state index is -0.705. The first-order chi connectivity index (χ1) is 17.0. The fourth-order valence-electron chi connectivity index (χ4n) is 5.63. The Bertz CT molecular complexity index is 1430. The molecule has 0 spiro atoms. The first-order valence-corrected chi connectivity index (χ1v) is 11.4. The highest BCUT2D eigenvalue weighted by Crippen LogP contribution is 2.43. The van der Waals surface area contributed by atoms with E-state index < -0.39 is 6.04 Å². The normalized spacial score (nSPS) is 22.6. The van der Waals surface area contributed by atoms with Gasteiger partial charge in [-0.1, -0.05) is 12.1 Å². The SMILES string of the molecule is COc1ccc(CC(=O)N2C[C@H]3CC2[C@@H]2C(=O)N(c4ccc(C#N)c5ncccc45)C(=O)N32)cc1. The second-order valence-electron chi connectivity index (χ2n) is 8.98. The number of aromatic nitrogens is 1. The average molecular weight is 467 g/mol. The molecule has 174 valence electrons. The molecule has 3 fully saturated rings. The molecule has 3 aromatic rings. The highest BCUT2D eigenvalue weighted by atomic mass is 16.5. The molecule has 6 rings (SSSR count). The van der Waals surface area contributed by atoms with Crippen LogP contribution in [-0.4, -0.2) is 64.4 Å². The number of hydrogen-bond donors (Lipinski definition) is 0. The molecular formula is C26H21N5O4. The van der Waals surface area contributed by atoms with Crippen molar-refractivity contribution in [3.63, 3.8) is 0 Å². The van der Waals surface area contributed by atoms with Crippen LogP contribution >= 0.6 is 0 Å². The number of ether oxygens (including phenoxy) is 1. The molecule has 9 heteroatoms. The Labute approximate surface area is 201 Å². The fourth-order valence-corrected chi connectivity index (χ4v) is 5.63. The van der Waals surface area contributed by atoms with Gasteiger partial charge in [0, 0.05) is 18.1 Å². The number of pyridine rings is 1. The molecule has 0 aliphatic carbocycles. The quantitative estimate of drug-likeness (QED) is 0.546. The maximum absolute atomic E-state index is 13.6. The lowest BCUT2D eigenvalue weighted by molar-refractivity contribution is -0.135. The molecule has 3 aliphatic heterocycles. The maximum atomic E-state index is 13.6. The number of piperazine rings is 1. The van der Waals surface area contributed by atoms with Crippen molar-refractivity contribution in [2.45, 2.75) is 31.0 Å². The highest BCUT2D eigenvalue weighted by molar-refractivity contribution is 6.25. The molecular weight excluding hydrogens is 446 g/mol. The van der Waals surface area contributed by atoms with Crippen molar-refractivity contribution in [3.05, 3.63) is 65.9 Å². The van der Waals surface area contributed by atoms with Crippen molar-refractivity contribution >= 4 is 34.4 Å². The zero-order chi connectivity index (χ0) is 24.3. The van der Waals surface area contributed by atoms with Crippen molar-refractivity contribution in [2.24, 2.45) is 0 Å². The minimum Gasteiger partial charge on any atom is -0.497 e. The van der Waals surface area contributed by atoms with Crippen molar-refractivity contribution in [1.29, 1.82) is 5.26 Å². The molecule has 9 nitrogen and oxygen atoms in total. The van der Waals surface area contributed by atoms with Crippen LogP contribution in [0.4, 0.5) is 10.5 Å². The molecule has 0 N–H and O–H groups in total. The van der Waals surface area contributed by atoms with Gasteiger partial charge in [-0.15, -0.1) is 0 Å². The number of urea groups is 1. The van der Waals surface area contributed by atoms with Gasteiger partial charge in [-0.05, 0) is 48.4 Å². The first kappa shape index (κ1) is 21.1. The number of hydrogen-bond acceptors (Lipinski definition) is 6. The van der Waals surface area contributed by atoms with Gasteiger partial charge in [0.1, 0.15) is 17.9 Å². The summed E-state index contributed by atoms with van der Waals surface area (Å²) in [5.41, 5.74) is 2.09. The lowest BCUT2D eigenvalue weighted by atomic mass is 10.1. The van der Waals surface area contributed by atoms with Crippen LogP contribution in [0.25, 0.3) is 10.9 Å². The van der Waals surface area contributed by atoms with Crippen LogP contribution in [0, 0.1) is 11.3 Å². The van der Waals surface area contributed by atoms with Gasteiger partial charge in [-0.25, -0.2) is 9.69 Å². The Balaban J connectivity index is 1.28. The number of nitrogens with zero attached hydrogens (tertiary/aromatic N) is 5. The van der Waals surface area contributed by atoms with Crippen molar-refractivity contribution in [1.82, 2.24) is 14.8 Å². The summed E-state index contributed by atoms with van der Waals surface area (Å²) >= 11 is 0. The van der Waals surface area contributed by atoms with E-state index in [0.717, 1.165) is 11.3 Å². The van der Waals surface area contributed by atoms with Crippen LogP contribution in [0.5, 0.6) is 5.75 Å². The topological polar surface area (TPSA) is 107 Å². The smallest absolute Gasteiger partial charge is 0.332 e. The number of fused-ring (bicyclic) bond motifs is 6. The zero-order valence-corrected chi connectivity index (χ0v) is 18.9. The third kappa shape index (κ3) is 3.06. The summed E-state index contributed by atoms with van der Waals surface area (Å²) < 4.78 is 5.17. The fraction of sp³-hybridized carbons (Fsp3) is 0.269. The van der Waals surface area contributed by atoms with E-state index in [0.29, 0.717) is 35.1 Å². The third-order valence-electron chi connectivity index (χ3n) is 7.21. The van der Waals surface area contributed by atoms with Crippen molar-refractivity contribution < 1.29 is 19.1 Å². The molecule has 3 aliphatic rings. The van der Waals surface area contributed by atoms with E-state index in [4.69, 9.17) is 4.74 Å². The van der Waals surface area contributed by atoms with Gasteiger partial charge in [0.05, 0.1) is 42.4 Å². The number of carbonyl (C=O) groups excluding carboxylic acids is 3. The molecule has 2 aromatic carbocycles. The Kier molecular flexibility index (Phi) is 4.71.